The monoisotopic (exact) mass is 459 g/mol. The Morgan fingerprint density at radius 2 is 1.88 bits per heavy atom. The number of nitrogens with one attached hydrogen (secondary N) is 1. The fourth-order valence-corrected chi connectivity index (χ4v) is 3.64. The number of nitrogens with zero attached hydrogens (tertiary/aromatic N) is 6. The number of aryl methyl sites for hydroxylation is 2. The van der Waals surface area contributed by atoms with Gasteiger partial charge < -0.3 is 10.1 Å². The molecule has 34 heavy (non-hydrogen) atoms. The van der Waals surface area contributed by atoms with Crippen molar-refractivity contribution in [1.82, 2.24) is 35.3 Å². The van der Waals surface area contributed by atoms with Crippen LogP contribution >= 0.6 is 0 Å². The first-order valence-corrected chi connectivity index (χ1v) is 11.4. The Morgan fingerprint density at radius 1 is 1.09 bits per heavy atom. The molecule has 0 aliphatic heterocycles. The highest BCUT2D eigenvalue weighted by Crippen LogP contribution is 2.29. The van der Waals surface area contributed by atoms with E-state index in [1.54, 1.807) is 16.9 Å². The molecule has 2 aromatic carbocycles. The number of hydrogen-bond donors (Lipinski definition) is 1. The fraction of sp³-hybridized carbons (Fsp3) is 0.320. The van der Waals surface area contributed by atoms with Crippen molar-refractivity contribution in [2.24, 2.45) is 0 Å². The van der Waals surface area contributed by atoms with Gasteiger partial charge in [-0.2, -0.15) is 9.78 Å². The number of aromatic nitrogens is 6. The summed E-state index contributed by atoms with van der Waals surface area (Å²) in [6, 6.07) is 15.6. The van der Waals surface area contributed by atoms with Crippen LogP contribution in [0.25, 0.3) is 16.8 Å². The molecule has 0 fully saturated rings. The summed E-state index contributed by atoms with van der Waals surface area (Å²) in [5, 5.41) is 19.3. The lowest BCUT2D eigenvalue weighted by molar-refractivity contribution is 0.199. The summed E-state index contributed by atoms with van der Waals surface area (Å²) in [6.07, 6.45) is 2.15. The molecule has 0 spiro atoms. The van der Waals surface area contributed by atoms with Gasteiger partial charge in [0, 0.05) is 24.7 Å². The number of carbonyl (C=O) groups excluding carboxylic acids is 1. The van der Waals surface area contributed by atoms with Gasteiger partial charge in [0.2, 0.25) is 0 Å². The van der Waals surface area contributed by atoms with Crippen molar-refractivity contribution in [3.63, 3.8) is 0 Å². The maximum Gasteiger partial charge on any atom is 0.412 e. The van der Waals surface area contributed by atoms with Crippen molar-refractivity contribution in [3.8, 4) is 22.6 Å². The van der Waals surface area contributed by atoms with Crippen LogP contribution in [0, 0.1) is 6.92 Å². The van der Waals surface area contributed by atoms with Gasteiger partial charge in [-0.15, -0.1) is 5.10 Å². The Bertz CT molecular complexity index is 1260. The zero-order valence-electron chi connectivity index (χ0n) is 19.9. The molecule has 9 nitrogen and oxygen atoms in total. The minimum absolute atomic E-state index is 0.124. The lowest BCUT2D eigenvalue weighted by Gasteiger charge is -2.13. The summed E-state index contributed by atoms with van der Waals surface area (Å²) < 4.78 is 9.23. The van der Waals surface area contributed by atoms with Crippen LogP contribution in [0.15, 0.2) is 54.7 Å². The largest absolute Gasteiger partial charge is 0.412 e. The Balaban J connectivity index is 1.61. The Kier molecular flexibility index (Phi) is 7.01. The van der Waals surface area contributed by atoms with Gasteiger partial charge in [0.1, 0.15) is 5.75 Å². The van der Waals surface area contributed by atoms with Gasteiger partial charge in [-0.3, -0.25) is 4.68 Å². The smallest absolute Gasteiger partial charge is 0.410 e. The highest BCUT2D eigenvalue weighted by molar-refractivity contribution is 5.73. The van der Waals surface area contributed by atoms with Crippen molar-refractivity contribution in [2.45, 2.75) is 53.1 Å². The maximum atomic E-state index is 12.6. The molecule has 9 heteroatoms. The van der Waals surface area contributed by atoms with Gasteiger partial charge >= 0.3 is 6.09 Å². The number of amides is 1. The number of rotatable bonds is 8. The first-order valence-electron chi connectivity index (χ1n) is 11.4. The average molecular weight is 460 g/mol. The van der Waals surface area contributed by atoms with E-state index in [0.717, 1.165) is 41.3 Å². The number of benzene rings is 2. The predicted octanol–water partition coefficient (Wildman–Crippen LogP) is 4.66. The summed E-state index contributed by atoms with van der Waals surface area (Å²) in [5.74, 6) is 1.25. The summed E-state index contributed by atoms with van der Waals surface area (Å²) in [5.41, 5.74) is 4.70. The third-order valence-electron chi connectivity index (χ3n) is 5.40. The van der Waals surface area contributed by atoms with Gasteiger partial charge in [0.05, 0.1) is 17.9 Å². The molecule has 0 unspecified atom stereocenters. The molecule has 2 heterocycles. The highest BCUT2D eigenvalue weighted by atomic mass is 16.6. The highest BCUT2D eigenvalue weighted by Gasteiger charge is 2.16. The Labute approximate surface area is 198 Å². The molecule has 0 radical (unpaired) electrons. The van der Waals surface area contributed by atoms with Crippen LogP contribution in [-0.4, -0.2) is 36.1 Å². The van der Waals surface area contributed by atoms with Gasteiger partial charge in [-0.05, 0) is 53.1 Å². The summed E-state index contributed by atoms with van der Waals surface area (Å²) >= 11 is 0. The van der Waals surface area contributed by atoms with Gasteiger partial charge in [0.15, 0.2) is 5.82 Å². The zero-order valence-corrected chi connectivity index (χ0v) is 19.9. The molecule has 0 atom stereocenters. The molecule has 1 N–H and O–H groups in total. The van der Waals surface area contributed by atoms with Crippen LogP contribution in [0.5, 0.6) is 5.75 Å². The average Bonchev–Trinajstić information content (AvgIpc) is 3.48. The molecule has 0 saturated heterocycles. The Hall–Kier alpha value is -4.01. The van der Waals surface area contributed by atoms with E-state index in [-0.39, 0.29) is 5.92 Å². The molecule has 4 aromatic rings. The van der Waals surface area contributed by atoms with Crippen LogP contribution in [-0.2, 0) is 13.1 Å². The van der Waals surface area contributed by atoms with E-state index in [1.807, 2.05) is 67.9 Å². The van der Waals surface area contributed by atoms with E-state index in [2.05, 4.69) is 32.9 Å². The molecule has 0 aliphatic carbocycles. The predicted molar refractivity (Wildman–Crippen MR) is 129 cm³/mol. The third kappa shape index (κ3) is 5.31. The molecule has 176 valence electrons. The molecular weight excluding hydrogens is 430 g/mol. The molecule has 0 saturated carbocycles. The summed E-state index contributed by atoms with van der Waals surface area (Å²) in [4.78, 5) is 12.6. The summed E-state index contributed by atoms with van der Waals surface area (Å²) in [7, 11) is 0. The molecule has 0 aliphatic rings. The van der Waals surface area contributed by atoms with Crippen molar-refractivity contribution in [3.05, 3.63) is 71.8 Å². The van der Waals surface area contributed by atoms with Crippen molar-refractivity contribution >= 4 is 6.09 Å². The topological polar surface area (TPSA) is 99.8 Å². The lowest BCUT2D eigenvalue weighted by Crippen LogP contribution is -2.27. The Morgan fingerprint density at radius 3 is 2.62 bits per heavy atom. The molecule has 2 aromatic heterocycles. The van der Waals surface area contributed by atoms with Crippen molar-refractivity contribution < 1.29 is 9.53 Å². The number of carbonyl (C=O) groups is 1. The quantitative estimate of drug-likeness (QED) is 0.411. The van der Waals surface area contributed by atoms with Crippen molar-refractivity contribution in [2.75, 3.05) is 0 Å². The normalized spacial score (nSPS) is 11.1. The van der Waals surface area contributed by atoms with Gasteiger partial charge in [0.25, 0.3) is 0 Å². The minimum atomic E-state index is -0.544. The first kappa shape index (κ1) is 23.2. The molecule has 1 amide bonds. The lowest BCUT2D eigenvalue weighted by atomic mass is 10.0. The van der Waals surface area contributed by atoms with Crippen molar-refractivity contribution in [1.29, 1.82) is 0 Å². The van der Waals surface area contributed by atoms with Crippen LogP contribution in [0.4, 0.5) is 4.79 Å². The van der Waals surface area contributed by atoms with Gasteiger partial charge in [-0.1, -0.05) is 50.6 Å². The third-order valence-corrected chi connectivity index (χ3v) is 5.40. The second kappa shape index (κ2) is 10.3. The van der Waals surface area contributed by atoms with E-state index >= 15 is 0 Å². The second-order valence-electron chi connectivity index (χ2n) is 8.47. The van der Waals surface area contributed by atoms with Gasteiger partial charge in [-0.25, -0.2) is 4.79 Å². The van der Waals surface area contributed by atoms with E-state index in [4.69, 9.17) is 4.74 Å². The molecule has 0 bridgehead atoms. The van der Waals surface area contributed by atoms with E-state index in [9.17, 15) is 4.79 Å². The van der Waals surface area contributed by atoms with E-state index in [0.29, 0.717) is 12.3 Å². The SMILES string of the molecule is CCCn1nccc1CNC(=O)Oc1cc(-c2ccc(C)cc2)cc(-n2nnnc2C(C)C)c1. The molecular formula is C25H29N7O2. The number of ether oxygens (including phenoxy) is 1. The number of hydrogen-bond acceptors (Lipinski definition) is 6. The maximum absolute atomic E-state index is 12.6. The van der Waals surface area contributed by atoms with Crippen LogP contribution in [0.3, 0.4) is 0 Å². The van der Waals surface area contributed by atoms with E-state index in [1.165, 1.54) is 5.56 Å². The summed E-state index contributed by atoms with van der Waals surface area (Å²) in [6.45, 7) is 9.31. The zero-order chi connectivity index (χ0) is 24.1. The second-order valence-corrected chi connectivity index (χ2v) is 8.47. The van der Waals surface area contributed by atoms with Crippen LogP contribution < -0.4 is 10.1 Å². The molecule has 4 rings (SSSR count). The number of tetrazole rings is 1. The minimum Gasteiger partial charge on any atom is -0.410 e. The fourth-order valence-electron chi connectivity index (χ4n) is 3.64. The van der Waals surface area contributed by atoms with E-state index < -0.39 is 6.09 Å². The van der Waals surface area contributed by atoms with Crippen LogP contribution in [0.2, 0.25) is 0 Å². The van der Waals surface area contributed by atoms with Crippen LogP contribution in [0.1, 0.15) is 50.2 Å². The first-order chi connectivity index (χ1) is 16.4. The standard InChI is InChI=1S/C25H29N7O2/c1-5-12-31-21(10-11-27-31)16-26-25(33)34-23-14-20(19-8-6-18(4)7-9-19)13-22(15-23)32-24(17(2)3)28-29-30-32/h6-11,13-15,17H,5,12,16H2,1-4H3,(H,26,33).